The Morgan fingerprint density at radius 3 is 2.08 bits per heavy atom. The molecule has 0 amide bonds. The molecule has 0 unspecified atom stereocenters. The van der Waals surface area contributed by atoms with Crippen molar-refractivity contribution in [3.8, 4) is 33.8 Å². The third kappa shape index (κ3) is 2.59. The van der Waals surface area contributed by atoms with Gasteiger partial charge in [-0.2, -0.15) is 0 Å². The van der Waals surface area contributed by atoms with E-state index in [1.807, 2.05) is 54.6 Å². The molecule has 3 aromatic carbocycles. The minimum Gasteiger partial charge on any atom is -0.496 e. The molecule has 0 aliphatic heterocycles. The topological polar surface area (TPSA) is 57.4 Å². The zero-order chi connectivity index (χ0) is 17.2. The van der Waals surface area contributed by atoms with Crippen LogP contribution in [0.5, 0.6) is 11.5 Å². The van der Waals surface area contributed by atoms with E-state index >= 15 is 0 Å². The van der Waals surface area contributed by atoms with E-state index in [1.165, 1.54) is 0 Å². The standard InChI is InChI=1S/C20H16N2O3/c1-23-18-9-5-3-7-14(18)13-11-16(20-17(12-13)21-25-22-20)15-8-4-6-10-19(15)24-2/h3-12H,1-2H3. The van der Waals surface area contributed by atoms with Crippen molar-refractivity contribution in [2.45, 2.75) is 0 Å². The van der Waals surface area contributed by atoms with Gasteiger partial charge in [0.1, 0.15) is 22.5 Å². The molecule has 25 heavy (non-hydrogen) atoms. The molecule has 4 rings (SSSR count). The Kier molecular flexibility index (Phi) is 3.82. The summed E-state index contributed by atoms with van der Waals surface area (Å²) in [4.78, 5) is 0. The molecule has 0 aliphatic rings. The Morgan fingerprint density at radius 2 is 1.36 bits per heavy atom. The molecule has 0 saturated carbocycles. The van der Waals surface area contributed by atoms with Gasteiger partial charge in [0, 0.05) is 16.7 Å². The smallest absolute Gasteiger partial charge is 0.143 e. The lowest BCUT2D eigenvalue weighted by Gasteiger charge is -2.12. The van der Waals surface area contributed by atoms with Crippen molar-refractivity contribution >= 4 is 11.0 Å². The second-order valence-corrected chi connectivity index (χ2v) is 5.56. The number of rotatable bonds is 4. The van der Waals surface area contributed by atoms with E-state index < -0.39 is 0 Å². The lowest BCUT2D eigenvalue weighted by molar-refractivity contribution is 0.315. The molecule has 0 aliphatic carbocycles. The monoisotopic (exact) mass is 332 g/mol. The summed E-state index contributed by atoms with van der Waals surface area (Å²) < 4.78 is 16.0. The van der Waals surface area contributed by atoms with Crippen LogP contribution in [0.25, 0.3) is 33.3 Å². The summed E-state index contributed by atoms with van der Waals surface area (Å²) in [7, 11) is 3.32. The summed E-state index contributed by atoms with van der Waals surface area (Å²) in [5.74, 6) is 1.56. The third-order valence-corrected chi connectivity index (χ3v) is 4.18. The molecule has 0 spiro atoms. The summed E-state index contributed by atoms with van der Waals surface area (Å²) in [5, 5.41) is 8.11. The van der Waals surface area contributed by atoms with Crippen LogP contribution in [0.4, 0.5) is 0 Å². The molecule has 1 aromatic heterocycles. The lowest BCUT2D eigenvalue weighted by Crippen LogP contribution is -1.91. The fourth-order valence-electron chi connectivity index (χ4n) is 3.00. The molecular weight excluding hydrogens is 316 g/mol. The van der Waals surface area contributed by atoms with Crippen LogP contribution in [0.3, 0.4) is 0 Å². The first kappa shape index (κ1) is 15.2. The van der Waals surface area contributed by atoms with Gasteiger partial charge in [-0.15, -0.1) is 0 Å². The maximum absolute atomic E-state index is 5.51. The molecule has 5 heteroatoms. The van der Waals surface area contributed by atoms with E-state index in [1.54, 1.807) is 14.2 Å². The van der Waals surface area contributed by atoms with Gasteiger partial charge in [-0.1, -0.05) is 36.4 Å². The van der Waals surface area contributed by atoms with E-state index in [0.29, 0.717) is 11.0 Å². The maximum Gasteiger partial charge on any atom is 0.143 e. The highest BCUT2D eigenvalue weighted by atomic mass is 16.6. The molecule has 4 aromatic rings. The number of nitrogens with zero attached hydrogens (tertiary/aromatic N) is 2. The second kappa shape index (κ2) is 6.28. The highest BCUT2D eigenvalue weighted by molar-refractivity contribution is 5.97. The van der Waals surface area contributed by atoms with Gasteiger partial charge in [0.25, 0.3) is 0 Å². The van der Waals surface area contributed by atoms with Crippen LogP contribution in [-0.2, 0) is 0 Å². The van der Waals surface area contributed by atoms with Gasteiger partial charge < -0.3 is 9.47 Å². The predicted molar refractivity (Wildman–Crippen MR) is 95.8 cm³/mol. The molecule has 0 fully saturated rings. The molecule has 0 radical (unpaired) electrons. The van der Waals surface area contributed by atoms with Crippen molar-refractivity contribution < 1.29 is 14.1 Å². The average Bonchev–Trinajstić information content (AvgIpc) is 3.15. The Balaban J connectivity index is 2.01. The van der Waals surface area contributed by atoms with Crippen LogP contribution in [0, 0.1) is 0 Å². The van der Waals surface area contributed by atoms with Crippen molar-refractivity contribution in [3.63, 3.8) is 0 Å². The third-order valence-electron chi connectivity index (χ3n) is 4.18. The number of hydrogen-bond donors (Lipinski definition) is 0. The number of methoxy groups -OCH3 is 2. The maximum atomic E-state index is 5.51. The zero-order valence-corrected chi connectivity index (χ0v) is 13.9. The van der Waals surface area contributed by atoms with Crippen molar-refractivity contribution in [1.82, 2.24) is 10.3 Å². The number of hydrogen-bond acceptors (Lipinski definition) is 5. The van der Waals surface area contributed by atoms with E-state index in [2.05, 4.69) is 16.4 Å². The van der Waals surface area contributed by atoms with Gasteiger partial charge in [-0.3, -0.25) is 0 Å². The van der Waals surface area contributed by atoms with E-state index in [9.17, 15) is 0 Å². The molecule has 0 saturated heterocycles. The van der Waals surface area contributed by atoms with Crippen LogP contribution in [0.1, 0.15) is 0 Å². The van der Waals surface area contributed by atoms with Crippen molar-refractivity contribution in [2.75, 3.05) is 14.2 Å². The fourth-order valence-corrected chi connectivity index (χ4v) is 3.00. The van der Waals surface area contributed by atoms with Gasteiger partial charge >= 0.3 is 0 Å². The first-order valence-corrected chi connectivity index (χ1v) is 7.85. The van der Waals surface area contributed by atoms with Gasteiger partial charge in [-0.05, 0) is 40.1 Å². The number of ether oxygens (including phenoxy) is 2. The predicted octanol–water partition coefficient (Wildman–Crippen LogP) is 4.57. The van der Waals surface area contributed by atoms with Crippen LogP contribution < -0.4 is 9.47 Å². The minimum absolute atomic E-state index is 0.685. The van der Waals surface area contributed by atoms with Crippen LogP contribution in [-0.4, -0.2) is 24.5 Å². The van der Waals surface area contributed by atoms with Gasteiger partial charge in [0.15, 0.2) is 0 Å². The van der Waals surface area contributed by atoms with Gasteiger partial charge in [-0.25, -0.2) is 4.63 Å². The van der Waals surface area contributed by atoms with E-state index in [-0.39, 0.29) is 0 Å². The Bertz CT molecular complexity index is 1040. The molecule has 5 nitrogen and oxygen atoms in total. The first-order chi connectivity index (χ1) is 12.3. The van der Waals surface area contributed by atoms with Gasteiger partial charge in [0.2, 0.25) is 0 Å². The Morgan fingerprint density at radius 1 is 0.720 bits per heavy atom. The van der Waals surface area contributed by atoms with Crippen molar-refractivity contribution in [2.24, 2.45) is 0 Å². The lowest BCUT2D eigenvalue weighted by atomic mass is 9.96. The number of fused-ring (bicyclic) bond motifs is 1. The summed E-state index contributed by atoms with van der Waals surface area (Å²) in [6.07, 6.45) is 0. The van der Waals surface area contributed by atoms with Crippen LogP contribution >= 0.6 is 0 Å². The average molecular weight is 332 g/mol. The molecular formula is C20H16N2O3. The first-order valence-electron chi connectivity index (χ1n) is 7.85. The zero-order valence-electron chi connectivity index (χ0n) is 13.9. The molecule has 0 atom stereocenters. The van der Waals surface area contributed by atoms with Gasteiger partial charge in [0.05, 0.1) is 14.2 Å². The van der Waals surface area contributed by atoms with Crippen molar-refractivity contribution in [1.29, 1.82) is 0 Å². The highest BCUT2D eigenvalue weighted by Crippen LogP contribution is 2.39. The van der Waals surface area contributed by atoms with Crippen molar-refractivity contribution in [3.05, 3.63) is 60.7 Å². The highest BCUT2D eigenvalue weighted by Gasteiger charge is 2.16. The fraction of sp³-hybridized carbons (Fsp3) is 0.100. The normalized spacial score (nSPS) is 10.8. The summed E-state index contributed by atoms with van der Waals surface area (Å²) in [6.45, 7) is 0. The second-order valence-electron chi connectivity index (χ2n) is 5.56. The number of para-hydroxylation sites is 2. The summed E-state index contributed by atoms with van der Waals surface area (Å²) >= 11 is 0. The summed E-state index contributed by atoms with van der Waals surface area (Å²) in [6, 6.07) is 19.7. The van der Waals surface area contributed by atoms with E-state index in [4.69, 9.17) is 14.1 Å². The summed E-state index contributed by atoms with van der Waals surface area (Å²) in [5.41, 5.74) is 5.17. The number of benzene rings is 3. The van der Waals surface area contributed by atoms with E-state index in [0.717, 1.165) is 33.8 Å². The van der Waals surface area contributed by atoms with Crippen LogP contribution in [0.2, 0.25) is 0 Å². The minimum atomic E-state index is 0.685. The van der Waals surface area contributed by atoms with Crippen LogP contribution in [0.15, 0.2) is 65.3 Å². The molecule has 124 valence electrons. The molecule has 0 bridgehead atoms. The Hall–Kier alpha value is -3.34. The molecule has 1 heterocycles. The molecule has 0 N–H and O–H groups in total. The largest absolute Gasteiger partial charge is 0.496 e. The quantitative estimate of drug-likeness (QED) is 0.548. The SMILES string of the molecule is COc1ccccc1-c1cc(-c2ccccc2OC)c2nonc2c1. The Labute approximate surface area is 144 Å². The number of aromatic nitrogens is 2.